The Morgan fingerprint density at radius 1 is 1.25 bits per heavy atom. The van der Waals surface area contributed by atoms with E-state index in [-0.39, 0.29) is 0 Å². The third-order valence-electron chi connectivity index (χ3n) is 5.23. The summed E-state index contributed by atoms with van der Waals surface area (Å²) in [7, 11) is 1.78. The molecule has 1 N–H and O–H groups in total. The molecule has 0 saturated heterocycles. The first-order chi connectivity index (χ1) is 9.85. The van der Waals surface area contributed by atoms with Crippen molar-refractivity contribution in [2.45, 2.75) is 45.1 Å². The van der Waals surface area contributed by atoms with Gasteiger partial charge in [0.2, 0.25) is 0 Å². The molecule has 3 unspecified atom stereocenters. The van der Waals surface area contributed by atoms with Crippen molar-refractivity contribution in [2.75, 3.05) is 13.7 Å². The highest BCUT2D eigenvalue weighted by Crippen LogP contribution is 2.59. The average molecular weight is 273 g/mol. The lowest BCUT2D eigenvalue weighted by Crippen LogP contribution is -2.35. The highest BCUT2D eigenvalue weighted by Gasteiger charge is 2.55. The summed E-state index contributed by atoms with van der Waals surface area (Å²) in [5.41, 5.74) is 1.36. The SMILES string of the molecule is CCCNC(Cc1ccccc1OC)C1C2CCCC21. The molecule has 20 heavy (non-hydrogen) atoms. The number of benzene rings is 1. The van der Waals surface area contributed by atoms with Crippen LogP contribution in [0.5, 0.6) is 5.75 Å². The van der Waals surface area contributed by atoms with Crippen LogP contribution in [0, 0.1) is 17.8 Å². The summed E-state index contributed by atoms with van der Waals surface area (Å²) in [6.07, 6.45) is 6.71. The van der Waals surface area contributed by atoms with E-state index in [1.54, 1.807) is 7.11 Å². The maximum Gasteiger partial charge on any atom is 0.122 e. The summed E-state index contributed by atoms with van der Waals surface area (Å²) in [6.45, 7) is 3.39. The van der Waals surface area contributed by atoms with Crippen molar-refractivity contribution in [2.24, 2.45) is 17.8 Å². The molecule has 3 rings (SSSR count). The number of ether oxygens (including phenoxy) is 1. The average Bonchev–Trinajstić information content (AvgIpc) is 2.95. The van der Waals surface area contributed by atoms with Crippen LogP contribution in [0.2, 0.25) is 0 Å². The molecule has 0 aliphatic heterocycles. The molecular formula is C18H27NO. The van der Waals surface area contributed by atoms with Gasteiger partial charge in [0.15, 0.2) is 0 Å². The molecule has 2 fully saturated rings. The number of para-hydroxylation sites is 1. The molecule has 2 saturated carbocycles. The van der Waals surface area contributed by atoms with Gasteiger partial charge in [0.25, 0.3) is 0 Å². The Bertz CT molecular complexity index is 435. The van der Waals surface area contributed by atoms with Crippen molar-refractivity contribution in [3.63, 3.8) is 0 Å². The Morgan fingerprint density at radius 2 is 2.00 bits per heavy atom. The van der Waals surface area contributed by atoms with Crippen LogP contribution in [-0.2, 0) is 6.42 Å². The molecule has 0 amide bonds. The third-order valence-corrected chi connectivity index (χ3v) is 5.23. The maximum atomic E-state index is 5.52. The van der Waals surface area contributed by atoms with Gasteiger partial charge in [0, 0.05) is 6.04 Å². The molecule has 0 heterocycles. The van der Waals surface area contributed by atoms with E-state index in [1.807, 2.05) is 0 Å². The number of hydrogen-bond acceptors (Lipinski definition) is 2. The summed E-state index contributed by atoms with van der Waals surface area (Å²) in [5.74, 6) is 3.99. The second-order valence-electron chi connectivity index (χ2n) is 6.41. The topological polar surface area (TPSA) is 21.3 Å². The van der Waals surface area contributed by atoms with Gasteiger partial charge < -0.3 is 10.1 Å². The number of nitrogens with one attached hydrogen (secondary N) is 1. The highest BCUT2D eigenvalue weighted by molar-refractivity contribution is 5.34. The largest absolute Gasteiger partial charge is 0.496 e. The van der Waals surface area contributed by atoms with Gasteiger partial charge >= 0.3 is 0 Å². The summed E-state index contributed by atoms with van der Waals surface area (Å²) in [4.78, 5) is 0. The molecule has 2 aliphatic rings. The molecule has 0 aromatic heterocycles. The second kappa shape index (κ2) is 6.17. The lowest BCUT2D eigenvalue weighted by Gasteiger charge is -2.21. The normalized spacial score (nSPS) is 29.0. The van der Waals surface area contributed by atoms with E-state index in [2.05, 4.69) is 36.5 Å². The van der Waals surface area contributed by atoms with Gasteiger partial charge in [-0.3, -0.25) is 0 Å². The van der Waals surface area contributed by atoms with E-state index in [9.17, 15) is 0 Å². The minimum Gasteiger partial charge on any atom is -0.496 e. The molecule has 110 valence electrons. The summed E-state index contributed by atoms with van der Waals surface area (Å²) in [5, 5.41) is 3.80. The first-order valence-electron chi connectivity index (χ1n) is 8.20. The van der Waals surface area contributed by atoms with Crippen LogP contribution in [0.15, 0.2) is 24.3 Å². The first kappa shape index (κ1) is 13.9. The van der Waals surface area contributed by atoms with Gasteiger partial charge in [0.1, 0.15) is 5.75 Å². The third kappa shape index (κ3) is 2.71. The monoisotopic (exact) mass is 273 g/mol. The van der Waals surface area contributed by atoms with Crippen molar-refractivity contribution < 1.29 is 4.74 Å². The molecule has 1 aromatic carbocycles. The van der Waals surface area contributed by atoms with Crippen molar-refractivity contribution in [1.82, 2.24) is 5.32 Å². The van der Waals surface area contributed by atoms with E-state index in [0.29, 0.717) is 6.04 Å². The molecule has 2 heteroatoms. The molecule has 0 spiro atoms. The fraction of sp³-hybridized carbons (Fsp3) is 0.667. The van der Waals surface area contributed by atoms with Crippen LogP contribution in [0.4, 0.5) is 0 Å². The summed E-state index contributed by atoms with van der Waals surface area (Å²) in [6, 6.07) is 9.13. The fourth-order valence-corrected chi connectivity index (χ4v) is 4.26. The Morgan fingerprint density at radius 3 is 2.70 bits per heavy atom. The van der Waals surface area contributed by atoms with Crippen molar-refractivity contribution in [3.8, 4) is 5.75 Å². The Labute approximate surface area is 122 Å². The van der Waals surface area contributed by atoms with Crippen molar-refractivity contribution in [1.29, 1.82) is 0 Å². The van der Waals surface area contributed by atoms with Gasteiger partial charge in [0.05, 0.1) is 7.11 Å². The molecule has 2 nitrogen and oxygen atoms in total. The van der Waals surface area contributed by atoms with E-state index in [4.69, 9.17) is 4.74 Å². The molecule has 3 atom stereocenters. The van der Waals surface area contributed by atoms with Crippen molar-refractivity contribution in [3.05, 3.63) is 29.8 Å². The van der Waals surface area contributed by atoms with Crippen LogP contribution < -0.4 is 10.1 Å². The predicted molar refractivity (Wildman–Crippen MR) is 83.1 cm³/mol. The second-order valence-corrected chi connectivity index (χ2v) is 6.41. The lowest BCUT2D eigenvalue weighted by molar-refractivity contribution is 0.383. The van der Waals surface area contributed by atoms with E-state index in [0.717, 1.165) is 36.5 Å². The van der Waals surface area contributed by atoms with Crippen molar-refractivity contribution >= 4 is 0 Å². The number of rotatable bonds is 7. The van der Waals surface area contributed by atoms with Gasteiger partial charge in [-0.2, -0.15) is 0 Å². The van der Waals surface area contributed by atoms with Gasteiger partial charge in [-0.05, 0) is 61.6 Å². The zero-order valence-electron chi connectivity index (χ0n) is 12.8. The van der Waals surface area contributed by atoms with Crippen LogP contribution in [-0.4, -0.2) is 19.7 Å². The summed E-state index contributed by atoms with van der Waals surface area (Å²) >= 11 is 0. The first-order valence-corrected chi connectivity index (χ1v) is 8.20. The van der Waals surface area contributed by atoms with Gasteiger partial charge in [-0.1, -0.05) is 31.5 Å². The quantitative estimate of drug-likeness (QED) is 0.818. The number of hydrogen-bond donors (Lipinski definition) is 1. The maximum absolute atomic E-state index is 5.52. The molecule has 2 aliphatic carbocycles. The summed E-state index contributed by atoms with van der Waals surface area (Å²) < 4.78 is 5.52. The lowest BCUT2D eigenvalue weighted by atomic mass is 9.96. The molecule has 0 radical (unpaired) electrons. The zero-order chi connectivity index (χ0) is 13.9. The van der Waals surface area contributed by atoms with Gasteiger partial charge in [-0.25, -0.2) is 0 Å². The van der Waals surface area contributed by atoms with Crippen LogP contribution in [0.3, 0.4) is 0 Å². The zero-order valence-corrected chi connectivity index (χ0v) is 12.8. The number of methoxy groups -OCH3 is 1. The van der Waals surface area contributed by atoms with E-state index in [1.165, 1.54) is 31.2 Å². The fourth-order valence-electron chi connectivity index (χ4n) is 4.26. The van der Waals surface area contributed by atoms with Crippen LogP contribution in [0.25, 0.3) is 0 Å². The number of fused-ring (bicyclic) bond motifs is 1. The van der Waals surface area contributed by atoms with Crippen LogP contribution in [0.1, 0.15) is 38.2 Å². The van der Waals surface area contributed by atoms with Gasteiger partial charge in [-0.15, -0.1) is 0 Å². The molecule has 0 bridgehead atoms. The predicted octanol–water partition coefficient (Wildman–Crippen LogP) is 3.65. The van der Waals surface area contributed by atoms with E-state index >= 15 is 0 Å². The smallest absolute Gasteiger partial charge is 0.122 e. The minimum atomic E-state index is 0.640. The minimum absolute atomic E-state index is 0.640. The Hall–Kier alpha value is -1.02. The van der Waals surface area contributed by atoms with Crippen LogP contribution >= 0.6 is 0 Å². The molecule has 1 aromatic rings. The standard InChI is InChI=1S/C18H27NO/c1-3-11-19-16(18-14-8-6-9-15(14)18)12-13-7-4-5-10-17(13)20-2/h4-5,7,10,14-16,18-19H,3,6,8-9,11-12H2,1-2H3. The highest BCUT2D eigenvalue weighted by atomic mass is 16.5. The van der Waals surface area contributed by atoms with E-state index < -0.39 is 0 Å². The molecular weight excluding hydrogens is 246 g/mol. The Balaban J connectivity index is 1.69. The Kier molecular flexibility index (Phi) is 4.30.